The fourth-order valence-electron chi connectivity index (χ4n) is 4.79. The van der Waals surface area contributed by atoms with Gasteiger partial charge in [-0.2, -0.15) is 4.98 Å². The van der Waals surface area contributed by atoms with Crippen LogP contribution in [0.25, 0.3) is 10.9 Å². The summed E-state index contributed by atoms with van der Waals surface area (Å²) in [5.74, 6) is 1.70. The highest BCUT2D eigenvalue weighted by Crippen LogP contribution is 2.28. The summed E-state index contributed by atoms with van der Waals surface area (Å²) in [6.45, 7) is 0. The van der Waals surface area contributed by atoms with Crippen LogP contribution in [0.1, 0.15) is 31.2 Å². The molecule has 1 aliphatic heterocycles. The average molecular weight is 431 g/mol. The Bertz CT molecular complexity index is 1100. The first-order valence-corrected chi connectivity index (χ1v) is 11.4. The van der Waals surface area contributed by atoms with E-state index in [1.54, 1.807) is 0 Å². The molecule has 32 heavy (non-hydrogen) atoms. The number of aromatic nitrogens is 2. The van der Waals surface area contributed by atoms with Gasteiger partial charge in [-0.15, -0.1) is 0 Å². The molecule has 1 aromatic heterocycles. The number of benzene rings is 2. The molecule has 0 spiro atoms. The van der Waals surface area contributed by atoms with Crippen molar-refractivity contribution in [2.45, 2.75) is 50.2 Å². The van der Waals surface area contributed by atoms with Crippen molar-refractivity contribution in [3.63, 3.8) is 0 Å². The van der Waals surface area contributed by atoms with Crippen molar-refractivity contribution in [3.8, 4) is 0 Å². The third-order valence-corrected chi connectivity index (χ3v) is 6.50. The average Bonchev–Trinajstić information content (AvgIpc) is 3.24. The predicted molar refractivity (Wildman–Crippen MR) is 129 cm³/mol. The molecule has 1 atom stereocenters. The second kappa shape index (κ2) is 8.65. The third kappa shape index (κ3) is 4.20. The molecule has 1 fully saturated rings. The molecule has 2 heterocycles. The van der Waals surface area contributed by atoms with Gasteiger partial charge in [-0.25, -0.2) is 4.98 Å². The summed E-state index contributed by atoms with van der Waals surface area (Å²) >= 11 is 0. The van der Waals surface area contributed by atoms with Crippen LogP contribution in [-0.4, -0.2) is 48.1 Å². The molecule has 3 N–H and O–H groups in total. The number of amides is 1. The van der Waals surface area contributed by atoms with Crippen molar-refractivity contribution in [2.75, 3.05) is 29.6 Å². The minimum atomic E-state index is -0.168. The summed E-state index contributed by atoms with van der Waals surface area (Å²) in [4.78, 5) is 24.3. The number of nitrogens with zero attached hydrogens (tertiary/aromatic N) is 3. The lowest BCUT2D eigenvalue weighted by atomic mass is 9.91. The van der Waals surface area contributed by atoms with Gasteiger partial charge in [0.1, 0.15) is 11.9 Å². The van der Waals surface area contributed by atoms with Crippen LogP contribution in [0.5, 0.6) is 0 Å². The molecule has 7 nitrogen and oxygen atoms in total. The Morgan fingerprint density at radius 2 is 1.69 bits per heavy atom. The zero-order valence-corrected chi connectivity index (χ0v) is 18.6. The molecule has 0 saturated heterocycles. The highest BCUT2D eigenvalue weighted by atomic mass is 16.2. The SMILES string of the molecule is CN(C)c1nc(NC2CCC(NC(=O)C3Cc4ccccc4N3)CC2)nc2ccccc12. The normalized spacial score (nSPS) is 22.1. The lowest BCUT2D eigenvalue weighted by Gasteiger charge is -2.30. The molecule has 2 aliphatic rings. The molecular weight excluding hydrogens is 400 g/mol. The molecule has 5 rings (SSSR count). The van der Waals surface area contributed by atoms with Crippen molar-refractivity contribution >= 4 is 34.3 Å². The van der Waals surface area contributed by atoms with Gasteiger partial charge >= 0.3 is 0 Å². The number of hydrogen-bond acceptors (Lipinski definition) is 6. The van der Waals surface area contributed by atoms with Crippen LogP contribution in [0.3, 0.4) is 0 Å². The van der Waals surface area contributed by atoms with E-state index in [9.17, 15) is 4.79 Å². The summed E-state index contributed by atoms with van der Waals surface area (Å²) in [6.07, 6.45) is 4.63. The van der Waals surface area contributed by atoms with Crippen LogP contribution in [0.15, 0.2) is 48.5 Å². The Morgan fingerprint density at radius 3 is 2.47 bits per heavy atom. The molecule has 2 aromatic carbocycles. The van der Waals surface area contributed by atoms with E-state index < -0.39 is 0 Å². The number of anilines is 3. The number of para-hydroxylation sites is 2. The van der Waals surface area contributed by atoms with E-state index in [1.807, 2.05) is 55.4 Å². The molecule has 1 saturated carbocycles. The van der Waals surface area contributed by atoms with Gasteiger partial charge in [0.2, 0.25) is 11.9 Å². The second-order valence-corrected chi connectivity index (χ2v) is 9.04. The molecule has 1 amide bonds. The standard InChI is InChI=1S/C25H30N6O/c1-31(2)23-19-8-4-6-10-21(19)29-25(30-23)27-18-13-11-17(12-14-18)26-24(32)22-15-16-7-3-5-9-20(16)28-22/h3-10,17-18,22,28H,11-15H2,1-2H3,(H,26,32)(H,27,29,30). The van der Waals surface area contributed by atoms with Gasteiger partial charge in [0.15, 0.2) is 0 Å². The van der Waals surface area contributed by atoms with E-state index in [4.69, 9.17) is 9.97 Å². The van der Waals surface area contributed by atoms with Crippen molar-refractivity contribution in [1.29, 1.82) is 0 Å². The Hall–Kier alpha value is -3.35. The van der Waals surface area contributed by atoms with Crippen molar-refractivity contribution in [2.24, 2.45) is 0 Å². The number of fused-ring (bicyclic) bond motifs is 2. The molecule has 166 valence electrons. The lowest BCUT2D eigenvalue weighted by molar-refractivity contribution is -0.122. The van der Waals surface area contributed by atoms with Crippen LogP contribution in [0.4, 0.5) is 17.5 Å². The van der Waals surface area contributed by atoms with Gasteiger partial charge in [0, 0.05) is 43.7 Å². The first-order valence-electron chi connectivity index (χ1n) is 11.4. The Labute approximate surface area is 188 Å². The maximum absolute atomic E-state index is 12.8. The minimum absolute atomic E-state index is 0.103. The van der Waals surface area contributed by atoms with E-state index >= 15 is 0 Å². The number of hydrogen-bond donors (Lipinski definition) is 3. The molecular formula is C25H30N6O. The van der Waals surface area contributed by atoms with Crippen molar-refractivity contribution in [1.82, 2.24) is 15.3 Å². The zero-order valence-electron chi connectivity index (χ0n) is 18.6. The van der Waals surface area contributed by atoms with Crippen LogP contribution in [0, 0.1) is 0 Å². The highest BCUT2D eigenvalue weighted by molar-refractivity contribution is 5.90. The quantitative estimate of drug-likeness (QED) is 0.574. The van der Waals surface area contributed by atoms with Crippen LogP contribution in [0.2, 0.25) is 0 Å². The van der Waals surface area contributed by atoms with E-state index in [1.165, 1.54) is 5.56 Å². The number of carbonyl (C=O) groups excluding carboxylic acids is 1. The molecule has 1 aliphatic carbocycles. The van der Waals surface area contributed by atoms with Crippen LogP contribution in [-0.2, 0) is 11.2 Å². The lowest BCUT2D eigenvalue weighted by Crippen LogP contribution is -2.46. The van der Waals surface area contributed by atoms with Crippen molar-refractivity contribution in [3.05, 3.63) is 54.1 Å². The first-order chi connectivity index (χ1) is 15.6. The molecule has 0 radical (unpaired) electrons. The summed E-state index contributed by atoms with van der Waals surface area (Å²) in [7, 11) is 4.01. The maximum atomic E-state index is 12.8. The summed E-state index contributed by atoms with van der Waals surface area (Å²) in [5, 5.41) is 11.2. The van der Waals surface area contributed by atoms with E-state index in [2.05, 4.69) is 28.1 Å². The van der Waals surface area contributed by atoms with E-state index in [-0.39, 0.29) is 18.0 Å². The van der Waals surface area contributed by atoms with Crippen LogP contribution >= 0.6 is 0 Å². The number of nitrogens with one attached hydrogen (secondary N) is 3. The fourth-order valence-corrected chi connectivity index (χ4v) is 4.79. The van der Waals surface area contributed by atoms with Crippen molar-refractivity contribution < 1.29 is 4.79 Å². The number of carbonyl (C=O) groups is 1. The van der Waals surface area contributed by atoms with Gasteiger partial charge in [-0.05, 0) is 49.4 Å². The minimum Gasteiger partial charge on any atom is -0.373 e. The maximum Gasteiger partial charge on any atom is 0.243 e. The van der Waals surface area contributed by atoms with Gasteiger partial charge in [-0.3, -0.25) is 4.79 Å². The predicted octanol–water partition coefficient (Wildman–Crippen LogP) is 3.57. The third-order valence-electron chi connectivity index (χ3n) is 6.50. The Morgan fingerprint density at radius 1 is 0.969 bits per heavy atom. The van der Waals surface area contributed by atoms with Gasteiger partial charge in [-0.1, -0.05) is 30.3 Å². The summed E-state index contributed by atoms with van der Waals surface area (Å²) in [5.41, 5.74) is 3.24. The fraction of sp³-hybridized carbons (Fsp3) is 0.400. The van der Waals surface area contributed by atoms with Gasteiger partial charge in [0.05, 0.1) is 5.52 Å². The number of rotatable bonds is 5. The van der Waals surface area contributed by atoms with Crippen LogP contribution < -0.4 is 20.9 Å². The molecule has 0 bridgehead atoms. The van der Waals surface area contributed by atoms with Gasteiger partial charge < -0.3 is 20.9 Å². The smallest absolute Gasteiger partial charge is 0.243 e. The van der Waals surface area contributed by atoms with Gasteiger partial charge in [0.25, 0.3) is 0 Å². The zero-order chi connectivity index (χ0) is 22.1. The molecule has 7 heteroatoms. The molecule has 3 aromatic rings. The Balaban J connectivity index is 1.17. The molecule has 1 unspecified atom stereocenters. The van der Waals surface area contributed by atoms with E-state index in [0.717, 1.165) is 54.5 Å². The second-order valence-electron chi connectivity index (χ2n) is 9.04. The first kappa shape index (κ1) is 20.5. The van der Waals surface area contributed by atoms with E-state index in [0.29, 0.717) is 12.0 Å². The summed E-state index contributed by atoms with van der Waals surface area (Å²) in [6, 6.07) is 16.6. The topological polar surface area (TPSA) is 82.2 Å². The largest absolute Gasteiger partial charge is 0.373 e. The highest BCUT2D eigenvalue weighted by Gasteiger charge is 2.29. The Kier molecular flexibility index (Phi) is 5.55. The summed E-state index contributed by atoms with van der Waals surface area (Å²) < 4.78 is 0. The monoisotopic (exact) mass is 430 g/mol.